The lowest BCUT2D eigenvalue weighted by Crippen LogP contribution is -2.12. The smallest absolute Gasteiger partial charge is 0.0131 e. The molecule has 0 bridgehead atoms. The first-order valence-corrected chi connectivity index (χ1v) is 5.86. The molecule has 1 aromatic heterocycles. The molecule has 1 heteroatoms. The molecule has 1 aromatic rings. The van der Waals surface area contributed by atoms with Gasteiger partial charge >= 0.3 is 0 Å². The minimum atomic E-state index is 0.318. The van der Waals surface area contributed by atoms with Crippen LogP contribution in [0.2, 0.25) is 0 Å². The molecule has 0 aliphatic rings. The van der Waals surface area contributed by atoms with Crippen LogP contribution in [0.25, 0.3) is 0 Å². The van der Waals surface area contributed by atoms with Gasteiger partial charge in [0.05, 0.1) is 0 Å². The number of hydrogen-bond donors (Lipinski definition) is 0. The summed E-state index contributed by atoms with van der Waals surface area (Å²) in [6.45, 7) is 11.4. The van der Waals surface area contributed by atoms with Gasteiger partial charge in [-0.1, -0.05) is 34.6 Å². The topological polar surface area (TPSA) is 0 Å². The summed E-state index contributed by atoms with van der Waals surface area (Å²) in [5.74, 6) is 0.760. The molecule has 1 rings (SSSR count). The Morgan fingerprint density at radius 3 is 2.38 bits per heavy atom. The lowest BCUT2D eigenvalue weighted by molar-refractivity contribution is 0.580. The van der Waals surface area contributed by atoms with E-state index in [1.54, 1.807) is 10.4 Å². The van der Waals surface area contributed by atoms with Gasteiger partial charge in [-0.15, -0.1) is 11.3 Å². The molecule has 0 atom stereocenters. The predicted octanol–water partition coefficient (Wildman–Crippen LogP) is 4.24. The average molecular weight is 196 g/mol. The Kier molecular flexibility index (Phi) is 3.18. The van der Waals surface area contributed by atoms with E-state index in [9.17, 15) is 0 Å². The van der Waals surface area contributed by atoms with Crippen LogP contribution < -0.4 is 0 Å². The van der Waals surface area contributed by atoms with Crippen molar-refractivity contribution in [1.82, 2.24) is 0 Å². The van der Waals surface area contributed by atoms with E-state index in [0.29, 0.717) is 5.41 Å². The van der Waals surface area contributed by atoms with Crippen LogP contribution in [-0.2, 0) is 11.8 Å². The van der Waals surface area contributed by atoms with Gasteiger partial charge in [-0.25, -0.2) is 0 Å². The van der Waals surface area contributed by atoms with Crippen LogP contribution in [0.4, 0.5) is 0 Å². The highest BCUT2D eigenvalue weighted by atomic mass is 32.1. The van der Waals surface area contributed by atoms with Crippen molar-refractivity contribution in [1.29, 1.82) is 0 Å². The van der Waals surface area contributed by atoms with Crippen molar-refractivity contribution in [2.24, 2.45) is 5.92 Å². The third-order valence-electron chi connectivity index (χ3n) is 2.06. The molecular weight excluding hydrogens is 176 g/mol. The first-order chi connectivity index (χ1) is 5.91. The maximum Gasteiger partial charge on any atom is 0.0131 e. The van der Waals surface area contributed by atoms with Gasteiger partial charge in [0.25, 0.3) is 0 Å². The number of thiophene rings is 1. The first-order valence-electron chi connectivity index (χ1n) is 4.98. The first kappa shape index (κ1) is 10.8. The van der Waals surface area contributed by atoms with Gasteiger partial charge in [0.1, 0.15) is 0 Å². The molecule has 0 saturated carbocycles. The molecule has 74 valence electrons. The molecular formula is C12H20S. The average Bonchev–Trinajstić information content (AvgIpc) is 2.31. The minimum Gasteiger partial charge on any atom is -0.148 e. The van der Waals surface area contributed by atoms with Crippen molar-refractivity contribution < 1.29 is 0 Å². The largest absolute Gasteiger partial charge is 0.148 e. The van der Waals surface area contributed by atoms with E-state index >= 15 is 0 Å². The van der Waals surface area contributed by atoms with Gasteiger partial charge < -0.3 is 0 Å². The van der Waals surface area contributed by atoms with E-state index in [2.05, 4.69) is 46.1 Å². The Morgan fingerprint density at radius 2 is 1.92 bits per heavy atom. The van der Waals surface area contributed by atoms with Crippen molar-refractivity contribution in [2.75, 3.05) is 0 Å². The van der Waals surface area contributed by atoms with Gasteiger partial charge in [-0.3, -0.25) is 0 Å². The van der Waals surface area contributed by atoms with Crippen molar-refractivity contribution in [2.45, 2.75) is 46.5 Å². The Hall–Kier alpha value is -0.300. The van der Waals surface area contributed by atoms with Crippen LogP contribution in [0.1, 0.15) is 45.1 Å². The summed E-state index contributed by atoms with van der Waals surface area (Å²) in [4.78, 5) is 1.56. The van der Waals surface area contributed by atoms with Gasteiger partial charge in [-0.05, 0) is 34.8 Å². The molecule has 13 heavy (non-hydrogen) atoms. The molecule has 0 aromatic carbocycles. The van der Waals surface area contributed by atoms with Gasteiger partial charge in [0, 0.05) is 4.88 Å². The number of hydrogen-bond acceptors (Lipinski definition) is 1. The molecule has 0 aliphatic carbocycles. The van der Waals surface area contributed by atoms with E-state index in [1.807, 2.05) is 11.3 Å². The van der Waals surface area contributed by atoms with Crippen molar-refractivity contribution in [3.8, 4) is 0 Å². The molecule has 0 aliphatic heterocycles. The summed E-state index contributed by atoms with van der Waals surface area (Å²) in [6, 6.07) is 2.28. The van der Waals surface area contributed by atoms with Crippen LogP contribution in [0.15, 0.2) is 11.4 Å². The predicted molar refractivity (Wildman–Crippen MR) is 61.6 cm³/mol. The zero-order valence-electron chi connectivity index (χ0n) is 9.35. The monoisotopic (exact) mass is 196 g/mol. The Labute approximate surface area is 86.0 Å². The zero-order chi connectivity index (χ0) is 10.1. The highest BCUT2D eigenvalue weighted by molar-refractivity contribution is 7.10. The van der Waals surface area contributed by atoms with Crippen molar-refractivity contribution in [3.63, 3.8) is 0 Å². The Morgan fingerprint density at radius 1 is 1.31 bits per heavy atom. The molecule has 0 saturated heterocycles. The third-order valence-corrected chi connectivity index (χ3v) is 3.44. The van der Waals surface area contributed by atoms with Crippen molar-refractivity contribution in [3.05, 3.63) is 21.9 Å². The van der Waals surface area contributed by atoms with Crippen LogP contribution in [-0.4, -0.2) is 0 Å². The van der Waals surface area contributed by atoms with Crippen LogP contribution in [0, 0.1) is 5.92 Å². The molecule has 0 amide bonds. The summed E-state index contributed by atoms with van der Waals surface area (Å²) < 4.78 is 0. The highest BCUT2D eigenvalue weighted by Gasteiger charge is 2.19. The second kappa shape index (κ2) is 3.83. The molecule has 0 fully saturated rings. The fraction of sp³-hybridized carbons (Fsp3) is 0.667. The quantitative estimate of drug-likeness (QED) is 0.663. The fourth-order valence-corrected chi connectivity index (χ4v) is 2.62. The summed E-state index contributed by atoms with van der Waals surface area (Å²) in [6.07, 6.45) is 1.22. The van der Waals surface area contributed by atoms with E-state index in [0.717, 1.165) is 5.92 Å². The van der Waals surface area contributed by atoms with E-state index in [1.165, 1.54) is 6.42 Å². The van der Waals surface area contributed by atoms with E-state index < -0.39 is 0 Å². The SMILES string of the molecule is CC(C)Cc1ccsc1C(C)(C)C. The Bertz CT molecular complexity index is 263. The van der Waals surface area contributed by atoms with Crippen LogP contribution in [0.3, 0.4) is 0 Å². The third kappa shape index (κ3) is 2.84. The van der Waals surface area contributed by atoms with E-state index in [4.69, 9.17) is 0 Å². The Balaban J connectivity index is 2.90. The molecule has 0 unspecified atom stereocenters. The second-order valence-electron chi connectivity index (χ2n) is 5.12. The second-order valence-corrected chi connectivity index (χ2v) is 6.04. The van der Waals surface area contributed by atoms with Gasteiger partial charge in [-0.2, -0.15) is 0 Å². The van der Waals surface area contributed by atoms with Gasteiger partial charge in [0.15, 0.2) is 0 Å². The minimum absolute atomic E-state index is 0.318. The molecule has 0 spiro atoms. The summed E-state index contributed by atoms with van der Waals surface area (Å²) in [7, 11) is 0. The summed E-state index contributed by atoms with van der Waals surface area (Å²) in [5.41, 5.74) is 1.87. The molecule has 0 N–H and O–H groups in total. The maximum absolute atomic E-state index is 2.29. The fourth-order valence-electron chi connectivity index (χ4n) is 1.59. The normalized spacial score (nSPS) is 12.5. The standard InChI is InChI=1S/C12H20S/c1-9(2)8-10-6-7-13-11(10)12(3,4)5/h6-7,9H,8H2,1-5H3. The highest BCUT2D eigenvalue weighted by Crippen LogP contribution is 2.32. The lowest BCUT2D eigenvalue weighted by Gasteiger charge is -2.19. The van der Waals surface area contributed by atoms with E-state index in [-0.39, 0.29) is 0 Å². The number of rotatable bonds is 2. The maximum atomic E-state index is 2.29. The molecule has 0 nitrogen and oxygen atoms in total. The lowest BCUT2D eigenvalue weighted by atomic mass is 9.89. The summed E-state index contributed by atoms with van der Waals surface area (Å²) >= 11 is 1.90. The molecule has 1 heterocycles. The van der Waals surface area contributed by atoms with Gasteiger partial charge in [0.2, 0.25) is 0 Å². The molecule has 0 radical (unpaired) electrons. The van der Waals surface area contributed by atoms with Crippen molar-refractivity contribution >= 4 is 11.3 Å². The van der Waals surface area contributed by atoms with Crippen LogP contribution in [0.5, 0.6) is 0 Å². The zero-order valence-corrected chi connectivity index (χ0v) is 10.2. The summed E-state index contributed by atoms with van der Waals surface area (Å²) in [5, 5.41) is 2.22. The van der Waals surface area contributed by atoms with Crippen LogP contribution >= 0.6 is 11.3 Å².